The summed E-state index contributed by atoms with van der Waals surface area (Å²) >= 11 is 12.9. The van der Waals surface area contributed by atoms with Crippen LogP contribution in [0.2, 0.25) is 10.0 Å². The Morgan fingerprint density at radius 1 is 1.00 bits per heavy atom. The minimum Gasteiger partial charge on any atom is -0.423 e. The van der Waals surface area contributed by atoms with Crippen LogP contribution in [0.5, 0.6) is 5.75 Å². The molecule has 1 heterocycles. The number of thioether (sulfide) groups is 1. The number of ether oxygens (including phenoxy) is 1. The number of amides is 2. The number of carbonyl (C=O) groups excluding carboxylic acids is 3. The second kappa shape index (κ2) is 9.83. The van der Waals surface area contributed by atoms with E-state index in [4.69, 9.17) is 27.9 Å². The van der Waals surface area contributed by atoms with Crippen molar-refractivity contribution >= 4 is 58.2 Å². The Morgan fingerprint density at radius 3 is 2.36 bits per heavy atom. The molecule has 0 aromatic heterocycles. The SMILES string of the molecule is Cc1ccc(C(=O)Oc2ccc(/C=C3\SC(=O)N(Cc4ccc(Cl)cc4Cl)C3=O)cc2)cc1. The molecule has 1 aliphatic heterocycles. The number of rotatable bonds is 5. The molecular formula is C25H17Cl2NO4S. The number of carbonyl (C=O) groups is 3. The zero-order valence-corrected chi connectivity index (χ0v) is 19.7. The number of hydrogen-bond acceptors (Lipinski definition) is 5. The van der Waals surface area contributed by atoms with Gasteiger partial charge in [0, 0.05) is 10.0 Å². The first-order valence-electron chi connectivity index (χ1n) is 9.88. The number of hydrogen-bond donors (Lipinski definition) is 0. The molecule has 5 nitrogen and oxygen atoms in total. The first kappa shape index (κ1) is 23.1. The average Bonchev–Trinajstić information content (AvgIpc) is 3.04. The highest BCUT2D eigenvalue weighted by molar-refractivity contribution is 8.18. The van der Waals surface area contributed by atoms with Crippen LogP contribution in [-0.2, 0) is 11.3 Å². The predicted molar refractivity (Wildman–Crippen MR) is 131 cm³/mol. The Hall–Kier alpha value is -3.06. The minimum absolute atomic E-state index is 0.0614. The summed E-state index contributed by atoms with van der Waals surface area (Å²) < 4.78 is 5.39. The highest BCUT2D eigenvalue weighted by Gasteiger charge is 2.35. The Morgan fingerprint density at radius 2 is 1.70 bits per heavy atom. The molecule has 0 N–H and O–H groups in total. The number of aryl methyl sites for hydroxylation is 1. The van der Waals surface area contributed by atoms with Crippen LogP contribution in [0.1, 0.15) is 27.0 Å². The molecule has 33 heavy (non-hydrogen) atoms. The average molecular weight is 498 g/mol. The first-order chi connectivity index (χ1) is 15.8. The largest absolute Gasteiger partial charge is 0.423 e. The van der Waals surface area contributed by atoms with Gasteiger partial charge < -0.3 is 4.74 Å². The van der Waals surface area contributed by atoms with Gasteiger partial charge in [-0.1, -0.05) is 59.1 Å². The molecule has 0 radical (unpaired) electrons. The van der Waals surface area contributed by atoms with Gasteiger partial charge in [-0.3, -0.25) is 14.5 Å². The lowest BCUT2D eigenvalue weighted by atomic mass is 10.1. The maximum Gasteiger partial charge on any atom is 0.343 e. The summed E-state index contributed by atoms with van der Waals surface area (Å²) in [5, 5.41) is 0.494. The molecule has 4 rings (SSSR count). The van der Waals surface area contributed by atoms with Crippen LogP contribution in [0.25, 0.3) is 6.08 Å². The number of nitrogens with zero attached hydrogens (tertiary/aromatic N) is 1. The van der Waals surface area contributed by atoms with Gasteiger partial charge >= 0.3 is 5.97 Å². The molecule has 0 spiro atoms. The van der Waals surface area contributed by atoms with Crippen molar-refractivity contribution in [3.05, 3.63) is 104 Å². The van der Waals surface area contributed by atoms with Crippen LogP contribution in [-0.4, -0.2) is 22.0 Å². The zero-order chi connectivity index (χ0) is 23.5. The van der Waals surface area contributed by atoms with E-state index in [1.165, 1.54) is 0 Å². The molecule has 166 valence electrons. The Balaban J connectivity index is 1.44. The van der Waals surface area contributed by atoms with Crippen LogP contribution in [0, 0.1) is 6.92 Å². The predicted octanol–water partition coefficient (Wildman–Crippen LogP) is 6.76. The van der Waals surface area contributed by atoms with Gasteiger partial charge in [0.2, 0.25) is 0 Å². The number of esters is 1. The van der Waals surface area contributed by atoms with Gasteiger partial charge in [0.1, 0.15) is 5.75 Å². The summed E-state index contributed by atoms with van der Waals surface area (Å²) in [6, 6.07) is 18.7. The highest BCUT2D eigenvalue weighted by Crippen LogP contribution is 2.34. The lowest BCUT2D eigenvalue weighted by molar-refractivity contribution is -0.123. The third-order valence-electron chi connectivity index (χ3n) is 4.89. The minimum atomic E-state index is -0.454. The van der Waals surface area contributed by atoms with E-state index in [1.807, 2.05) is 19.1 Å². The Labute approximate surface area is 204 Å². The van der Waals surface area contributed by atoms with E-state index in [1.54, 1.807) is 60.7 Å². The van der Waals surface area contributed by atoms with E-state index in [2.05, 4.69) is 0 Å². The van der Waals surface area contributed by atoms with Crippen molar-refractivity contribution in [2.45, 2.75) is 13.5 Å². The van der Waals surface area contributed by atoms with Crippen molar-refractivity contribution in [1.29, 1.82) is 0 Å². The highest BCUT2D eigenvalue weighted by atomic mass is 35.5. The molecule has 8 heteroatoms. The third-order valence-corrected chi connectivity index (χ3v) is 6.39. The van der Waals surface area contributed by atoms with Gasteiger partial charge in [0.05, 0.1) is 17.0 Å². The fourth-order valence-electron chi connectivity index (χ4n) is 3.10. The van der Waals surface area contributed by atoms with Crippen LogP contribution in [0.3, 0.4) is 0 Å². The quantitative estimate of drug-likeness (QED) is 0.221. The topological polar surface area (TPSA) is 63.7 Å². The third kappa shape index (κ3) is 5.47. The molecule has 0 atom stereocenters. The van der Waals surface area contributed by atoms with Gasteiger partial charge in [-0.25, -0.2) is 4.79 Å². The summed E-state index contributed by atoms with van der Waals surface area (Å²) in [7, 11) is 0. The second-order valence-corrected chi connectivity index (χ2v) is 9.16. The number of halogens is 2. The van der Waals surface area contributed by atoms with E-state index in [-0.39, 0.29) is 11.8 Å². The normalized spacial score (nSPS) is 14.8. The fraction of sp³-hybridized carbons (Fsp3) is 0.0800. The van der Waals surface area contributed by atoms with Gasteiger partial charge in [0.15, 0.2) is 0 Å². The maximum atomic E-state index is 12.8. The standard InChI is InChI=1S/C25H17Cl2NO4S/c1-15-2-6-17(7-3-15)24(30)32-20-10-4-16(5-11-20)12-22-23(29)28(25(31)33-22)14-18-8-9-19(26)13-21(18)27/h2-13H,14H2,1H3/b22-12-. The first-order valence-corrected chi connectivity index (χ1v) is 11.5. The number of benzene rings is 3. The van der Waals surface area contributed by atoms with Crippen LogP contribution < -0.4 is 4.74 Å². The van der Waals surface area contributed by atoms with E-state index in [0.717, 1.165) is 22.2 Å². The second-order valence-electron chi connectivity index (χ2n) is 7.33. The molecule has 0 aliphatic carbocycles. The summed E-state index contributed by atoms with van der Waals surface area (Å²) in [5.74, 6) is -0.473. The van der Waals surface area contributed by atoms with Gasteiger partial charge in [-0.15, -0.1) is 0 Å². The zero-order valence-electron chi connectivity index (χ0n) is 17.4. The molecule has 1 aliphatic rings. The van der Waals surface area contributed by atoms with Crippen molar-refractivity contribution in [1.82, 2.24) is 4.90 Å². The number of imide groups is 1. The molecule has 1 fully saturated rings. The maximum absolute atomic E-state index is 12.8. The van der Waals surface area contributed by atoms with Crippen LogP contribution >= 0.6 is 35.0 Å². The van der Waals surface area contributed by atoms with Crippen LogP contribution in [0.15, 0.2) is 71.6 Å². The molecule has 3 aromatic carbocycles. The summed E-state index contributed by atoms with van der Waals surface area (Å²) in [6.45, 7) is 2.00. The molecular weight excluding hydrogens is 481 g/mol. The van der Waals surface area contributed by atoms with Crippen LogP contribution in [0.4, 0.5) is 4.79 Å². The Kier molecular flexibility index (Phi) is 6.88. The lowest BCUT2D eigenvalue weighted by Gasteiger charge is -2.13. The van der Waals surface area contributed by atoms with Crippen molar-refractivity contribution in [3.63, 3.8) is 0 Å². The molecule has 3 aromatic rings. The van der Waals surface area contributed by atoms with Crippen molar-refractivity contribution in [2.75, 3.05) is 0 Å². The van der Waals surface area contributed by atoms with Crippen molar-refractivity contribution in [2.24, 2.45) is 0 Å². The van der Waals surface area contributed by atoms with Crippen molar-refractivity contribution < 1.29 is 19.1 Å². The molecule has 1 saturated heterocycles. The molecule has 0 saturated carbocycles. The summed E-state index contributed by atoms with van der Waals surface area (Å²) in [4.78, 5) is 38.9. The summed E-state index contributed by atoms with van der Waals surface area (Å²) in [6.07, 6.45) is 1.62. The van der Waals surface area contributed by atoms with Gasteiger partial charge in [-0.05, 0) is 72.3 Å². The van der Waals surface area contributed by atoms with Gasteiger partial charge in [-0.2, -0.15) is 0 Å². The smallest absolute Gasteiger partial charge is 0.343 e. The molecule has 2 amide bonds. The fourth-order valence-corrected chi connectivity index (χ4v) is 4.40. The van der Waals surface area contributed by atoms with E-state index in [0.29, 0.717) is 37.4 Å². The van der Waals surface area contributed by atoms with Crippen molar-refractivity contribution in [3.8, 4) is 5.75 Å². The molecule has 0 unspecified atom stereocenters. The van der Waals surface area contributed by atoms with E-state index < -0.39 is 11.9 Å². The molecule has 0 bridgehead atoms. The van der Waals surface area contributed by atoms with E-state index >= 15 is 0 Å². The lowest BCUT2D eigenvalue weighted by Crippen LogP contribution is -2.27. The van der Waals surface area contributed by atoms with E-state index in [9.17, 15) is 14.4 Å². The Bertz CT molecular complexity index is 1270. The monoisotopic (exact) mass is 497 g/mol. The van der Waals surface area contributed by atoms with Gasteiger partial charge in [0.25, 0.3) is 11.1 Å². The summed E-state index contributed by atoms with van der Waals surface area (Å²) in [5.41, 5.74) is 2.83.